The van der Waals surface area contributed by atoms with E-state index in [4.69, 9.17) is 0 Å². The number of pyridine rings is 1. The molecule has 0 saturated carbocycles. The van der Waals surface area contributed by atoms with E-state index < -0.39 is 5.60 Å². The van der Waals surface area contributed by atoms with Gasteiger partial charge in [0.25, 0.3) is 0 Å². The lowest BCUT2D eigenvalue weighted by molar-refractivity contribution is 0.0737. The van der Waals surface area contributed by atoms with Crippen molar-refractivity contribution < 1.29 is 5.11 Å². The van der Waals surface area contributed by atoms with Gasteiger partial charge in [-0.2, -0.15) is 0 Å². The molecule has 19 heavy (non-hydrogen) atoms. The van der Waals surface area contributed by atoms with Crippen LogP contribution in [0.3, 0.4) is 0 Å². The third-order valence-corrected chi connectivity index (χ3v) is 2.97. The average Bonchev–Trinajstić information content (AvgIpc) is 2.87. The highest BCUT2D eigenvalue weighted by atomic mass is 16.3. The van der Waals surface area contributed by atoms with E-state index in [1.807, 2.05) is 30.3 Å². The molecule has 1 aromatic carbocycles. The van der Waals surface area contributed by atoms with Gasteiger partial charge in [-0.25, -0.2) is 4.68 Å². The lowest BCUT2D eigenvalue weighted by atomic mass is 10.1. The average molecular weight is 254 g/mol. The second-order valence-corrected chi connectivity index (χ2v) is 4.99. The summed E-state index contributed by atoms with van der Waals surface area (Å²) in [4.78, 5) is 4.28. The number of aliphatic hydroxyl groups is 1. The number of fused-ring (bicyclic) bond motifs is 1. The Balaban J connectivity index is 2.07. The van der Waals surface area contributed by atoms with E-state index >= 15 is 0 Å². The standard InChI is InChI=1S/C14H14N4O/c1-14(2,19)13-9-18(17-16-13)11-5-6-12-10(8-11)4-3-7-15-12/h3-9,19H,1-2H3. The molecule has 0 fully saturated rings. The number of aromatic nitrogens is 4. The SMILES string of the molecule is CC(C)(O)c1cn(-c2ccc3ncccc3c2)nn1. The van der Waals surface area contributed by atoms with E-state index in [1.165, 1.54) is 0 Å². The van der Waals surface area contributed by atoms with Crippen molar-refractivity contribution in [3.05, 3.63) is 48.4 Å². The van der Waals surface area contributed by atoms with E-state index in [1.54, 1.807) is 30.9 Å². The zero-order valence-corrected chi connectivity index (χ0v) is 10.8. The Bertz CT molecular complexity index is 727. The number of hydrogen-bond donors (Lipinski definition) is 1. The first-order valence-electron chi connectivity index (χ1n) is 6.04. The fraction of sp³-hybridized carbons (Fsp3) is 0.214. The zero-order chi connectivity index (χ0) is 13.5. The van der Waals surface area contributed by atoms with Crippen LogP contribution < -0.4 is 0 Å². The molecule has 2 aromatic heterocycles. The maximum Gasteiger partial charge on any atom is 0.114 e. The molecular formula is C14H14N4O. The summed E-state index contributed by atoms with van der Waals surface area (Å²) in [6, 6.07) is 9.76. The monoisotopic (exact) mass is 254 g/mol. The summed E-state index contributed by atoms with van der Waals surface area (Å²) in [5.41, 5.74) is 1.38. The number of benzene rings is 1. The van der Waals surface area contributed by atoms with Crippen LogP contribution in [0.2, 0.25) is 0 Å². The van der Waals surface area contributed by atoms with Crippen molar-refractivity contribution in [2.75, 3.05) is 0 Å². The van der Waals surface area contributed by atoms with Crippen LogP contribution in [0.5, 0.6) is 0 Å². The molecule has 0 radical (unpaired) electrons. The normalized spacial score (nSPS) is 11.9. The minimum Gasteiger partial charge on any atom is -0.384 e. The first kappa shape index (κ1) is 11.8. The van der Waals surface area contributed by atoms with E-state index in [0.29, 0.717) is 5.69 Å². The Hall–Kier alpha value is -2.27. The predicted molar refractivity (Wildman–Crippen MR) is 71.9 cm³/mol. The molecule has 0 saturated heterocycles. The van der Waals surface area contributed by atoms with E-state index in [-0.39, 0.29) is 0 Å². The minimum atomic E-state index is -0.989. The van der Waals surface area contributed by atoms with Crippen LogP contribution in [0.25, 0.3) is 16.6 Å². The molecule has 0 aliphatic heterocycles. The summed E-state index contributed by atoms with van der Waals surface area (Å²) >= 11 is 0. The van der Waals surface area contributed by atoms with Crippen molar-refractivity contribution in [2.45, 2.75) is 19.4 Å². The predicted octanol–water partition coefficient (Wildman–Crippen LogP) is 2.04. The van der Waals surface area contributed by atoms with Crippen LogP contribution in [-0.2, 0) is 5.60 Å². The van der Waals surface area contributed by atoms with Crippen LogP contribution >= 0.6 is 0 Å². The molecule has 96 valence electrons. The van der Waals surface area contributed by atoms with Crippen molar-refractivity contribution in [3.8, 4) is 5.69 Å². The molecule has 0 bridgehead atoms. The first-order valence-corrected chi connectivity index (χ1v) is 6.04. The zero-order valence-electron chi connectivity index (χ0n) is 10.8. The summed E-state index contributed by atoms with van der Waals surface area (Å²) in [6.07, 6.45) is 3.50. The lowest BCUT2D eigenvalue weighted by Gasteiger charge is -2.11. The minimum absolute atomic E-state index is 0.541. The van der Waals surface area contributed by atoms with Gasteiger partial charge >= 0.3 is 0 Å². The topological polar surface area (TPSA) is 63.8 Å². The second-order valence-electron chi connectivity index (χ2n) is 4.99. The van der Waals surface area contributed by atoms with E-state index in [2.05, 4.69) is 15.3 Å². The van der Waals surface area contributed by atoms with Gasteiger partial charge in [-0.3, -0.25) is 4.98 Å². The van der Waals surface area contributed by atoms with Crippen LogP contribution in [0.4, 0.5) is 0 Å². The van der Waals surface area contributed by atoms with Crippen molar-refractivity contribution in [1.29, 1.82) is 0 Å². The molecule has 0 atom stereocenters. The molecule has 3 aromatic rings. The molecule has 0 spiro atoms. The highest BCUT2D eigenvalue weighted by Crippen LogP contribution is 2.19. The lowest BCUT2D eigenvalue weighted by Crippen LogP contribution is -2.15. The second kappa shape index (κ2) is 4.13. The van der Waals surface area contributed by atoms with Crippen LogP contribution in [-0.4, -0.2) is 25.1 Å². The first-order chi connectivity index (χ1) is 9.04. The smallest absolute Gasteiger partial charge is 0.114 e. The molecule has 0 aliphatic carbocycles. The van der Waals surface area contributed by atoms with E-state index in [9.17, 15) is 5.11 Å². The van der Waals surface area contributed by atoms with Crippen LogP contribution in [0.15, 0.2) is 42.7 Å². The summed E-state index contributed by atoms with van der Waals surface area (Å²) in [5, 5.41) is 19.0. The molecule has 5 nitrogen and oxygen atoms in total. The van der Waals surface area contributed by atoms with Crippen LogP contribution in [0.1, 0.15) is 19.5 Å². The summed E-state index contributed by atoms with van der Waals surface area (Å²) in [5.74, 6) is 0. The van der Waals surface area contributed by atoms with E-state index in [0.717, 1.165) is 16.6 Å². The van der Waals surface area contributed by atoms with Crippen molar-refractivity contribution >= 4 is 10.9 Å². The van der Waals surface area contributed by atoms with Gasteiger partial charge in [0, 0.05) is 11.6 Å². The molecule has 3 rings (SSSR count). The van der Waals surface area contributed by atoms with Gasteiger partial charge in [0.1, 0.15) is 11.3 Å². The van der Waals surface area contributed by atoms with Crippen molar-refractivity contribution in [3.63, 3.8) is 0 Å². The number of rotatable bonds is 2. The quantitative estimate of drug-likeness (QED) is 0.760. The van der Waals surface area contributed by atoms with Gasteiger partial charge in [-0.1, -0.05) is 11.3 Å². The Morgan fingerprint density at radius 1 is 1.21 bits per heavy atom. The molecule has 2 heterocycles. The highest BCUT2D eigenvalue weighted by Gasteiger charge is 2.20. The summed E-state index contributed by atoms with van der Waals surface area (Å²) < 4.78 is 1.65. The number of nitrogens with zero attached hydrogens (tertiary/aromatic N) is 4. The Morgan fingerprint density at radius 3 is 2.79 bits per heavy atom. The van der Waals surface area contributed by atoms with Gasteiger partial charge in [0.15, 0.2) is 0 Å². The fourth-order valence-electron chi connectivity index (χ4n) is 1.88. The van der Waals surface area contributed by atoms with Crippen molar-refractivity contribution in [1.82, 2.24) is 20.0 Å². The largest absolute Gasteiger partial charge is 0.384 e. The maximum absolute atomic E-state index is 9.90. The Kier molecular flexibility index (Phi) is 2.57. The summed E-state index contributed by atoms with van der Waals surface area (Å²) in [7, 11) is 0. The molecule has 0 aliphatic rings. The summed E-state index contributed by atoms with van der Waals surface area (Å²) in [6.45, 7) is 3.37. The Labute approximate surface area is 110 Å². The van der Waals surface area contributed by atoms with Gasteiger partial charge in [0.2, 0.25) is 0 Å². The van der Waals surface area contributed by atoms with Gasteiger partial charge in [0.05, 0.1) is 17.4 Å². The third kappa shape index (κ3) is 2.20. The molecule has 5 heteroatoms. The van der Waals surface area contributed by atoms with Gasteiger partial charge in [-0.15, -0.1) is 5.10 Å². The molecule has 0 amide bonds. The molecule has 1 N–H and O–H groups in total. The van der Waals surface area contributed by atoms with Crippen LogP contribution in [0, 0.1) is 0 Å². The maximum atomic E-state index is 9.90. The molecule has 0 unspecified atom stereocenters. The van der Waals surface area contributed by atoms with Gasteiger partial charge in [-0.05, 0) is 38.1 Å². The van der Waals surface area contributed by atoms with Crippen molar-refractivity contribution in [2.24, 2.45) is 0 Å². The molecular weight excluding hydrogens is 240 g/mol. The number of hydrogen-bond acceptors (Lipinski definition) is 4. The fourth-order valence-corrected chi connectivity index (χ4v) is 1.88. The third-order valence-electron chi connectivity index (χ3n) is 2.97. The Morgan fingerprint density at radius 2 is 2.05 bits per heavy atom. The highest BCUT2D eigenvalue weighted by molar-refractivity contribution is 5.80. The van der Waals surface area contributed by atoms with Gasteiger partial charge < -0.3 is 5.11 Å².